The summed E-state index contributed by atoms with van der Waals surface area (Å²) in [6, 6.07) is 8.60. The molecule has 1 aromatic heterocycles. The molecule has 1 saturated heterocycles. The van der Waals surface area contributed by atoms with E-state index < -0.39 is 23.4 Å². The van der Waals surface area contributed by atoms with Crippen LogP contribution in [0, 0.1) is 18.3 Å². The zero-order valence-electron chi connectivity index (χ0n) is 21.4. The van der Waals surface area contributed by atoms with Crippen LogP contribution in [0.25, 0.3) is 0 Å². The van der Waals surface area contributed by atoms with Crippen LogP contribution < -0.4 is 16.8 Å². The van der Waals surface area contributed by atoms with Crippen LogP contribution in [0.2, 0.25) is 0 Å². The van der Waals surface area contributed by atoms with Crippen LogP contribution in [0.3, 0.4) is 0 Å². The molecular formula is C26H38N6O4. The zero-order chi connectivity index (χ0) is 26.6. The van der Waals surface area contributed by atoms with Crippen LogP contribution in [-0.2, 0) is 32.3 Å². The van der Waals surface area contributed by atoms with Gasteiger partial charge < -0.3 is 26.4 Å². The van der Waals surface area contributed by atoms with Gasteiger partial charge in [0.05, 0.1) is 24.9 Å². The number of hydrogen-bond acceptors (Lipinski definition) is 6. The Morgan fingerprint density at radius 2 is 1.89 bits per heavy atom. The Morgan fingerprint density at radius 3 is 2.42 bits per heavy atom. The van der Waals surface area contributed by atoms with Gasteiger partial charge >= 0.3 is 0 Å². The molecule has 3 rings (SSSR count). The van der Waals surface area contributed by atoms with Crippen molar-refractivity contribution in [2.24, 2.45) is 17.4 Å². The van der Waals surface area contributed by atoms with E-state index in [1.54, 1.807) is 24.7 Å². The SMILES string of the molecule is CC(C)(N)C(=O)N[C@H](COCc1ccccc1)C(N)=O.CCC1CCN(C(=O)Cn2c#cnc2)CC1. The normalized spacial score (nSPS) is 14.7. The molecular weight excluding hydrogens is 460 g/mol. The molecule has 1 fully saturated rings. The van der Waals surface area contributed by atoms with E-state index in [2.05, 4.69) is 29.6 Å². The summed E-state index contributed by atoms with van der Waals surface area (Å²) in [4.78, 5) is 40.6. The monoisotopic (exact) mass is 498 g/mol. The second kappa shape index (κ2) is 14.2. The molecule has 1 aliphatic rings. The van der Waals surface area contributed by atoms with Crippen molar-refractivity contribution < 1.29 is 19.1 Å². The summed E-state index contributed by atoms with van der Waals surface area (Å²) in [5.74, 6) is -0.144. The fraction of sp³-hybridized carbons (Fsp3) is 0.538. The molecule has 10 heteroatoms. The lowest BCUT2D eigenvalue weighted by Gasteiger charge is -2.31. The lowest BCUT2D eigenvalue weighted by molar-refractivity contribution is -0.133. The second-order valence-electron chi connectivity index (χ2n) is 9.48. The van der Waals surface area contributed by atoms with Crippen molar-refractivity contribution in [2.45, 2.75) is 64.8 Å². The quantitative estimate of drug-likeness (QED) is 0.446. The predicted molar refractivity (Wildman–Crippen MR) is 135 cm³/mol. The average molecular weight is 499 g/mol. The predicted octanol–water partition coefficient (Wildman–Crippen LogP) is 1.04. The third kappa shape index (κ3) is 10.1. The summed E-state index contributed by atoms with van der Waals surface area (Å²) in [5.41, 5.74) is 10.8. The highest BCUT2D eigenvalue weighted by atomic mass is 16.5. The van der Waals surface area contributed by atoms with Crippen LogP contribution in [-0.4, -0.2) is 63.4 Å². The van der Waals surface area contributed by atoms with Gasteiger partial charge in [-0.1, -0.05) is 43.7 Å². The van der Waals surface area contributed by atoms with Crippen molar-refractivity contribution in [1.82, 2.24) is 19.8 Å². The molecule has 0 radical (unpaired) electrons. The van der Waals surface area contributed by atoms with Gasteiger partial charge in [0.2, 0.25) is 17.7 Å². The number of primary amides is 1. The molecule has 0 unspecified atom stereocenters. The maximum Gasteiger partial charge on any atom is 0.243 e. The minimum absolute atomic E-state index is 0.00600. The number of likely N-dealkylation sites (tertiary alicyclic amines) is 1. The summed E-state index contributed by atoms with van der Waals surface area (Å²) in [5, 5.41) is 2.48. The first-order valence-electron chi connectivity index (χ1n) is 12.2. The zero-order valence-corrected chi connectivity index (χ0v) is 21.4. The highest BCUT2D eigenvalue weighted by molar-refractivity contribution is 5.90. The van der Waals surface area contributed by atoms with Gasteiger partial charge in [-0.05, 0) is 38.2 Å². The van der Waals surface area contributed by atoms with Crippen LogP contribution in [0.5, 0.6) is 0 Å². The van der Waals surface area contributed by atoms with Crippen molar-refractivity contribution in [3.05, 3.63) is 54.6 Å². The lowest BCUT2D eigenvalue weighted by atomic mass is 9.94. The maximum absolute atomic E-state index is 11.9. The maximum atomic E-state index is 11.9. The molecule has 0 saturated carbocycles. The van der Waals surface area contributed by atoms with Crippen molar-refractivity contribution >= 4 is 17.7 Å². The Hall–Kier alpha value is -3.42. The van der Waals surface area contributed by atoms with E-state index in [-0.39, 0.29) is 12.5 Å². The molecule has 10 nitrogen and oxygen atoms in total. The van der Waals surface area contributed by atoms with Gasteiger partial charge in [0.15, 0.2) is 0 Å². The van der Waals surface area contributed by atoms with Crippen molar-refractivity contribution in [3.8, 4) is 0 Å². The summed E-state index contributed by atoms with van der Waals surface area (Å²) >= 11 is 0. The number of benzene rings is 1. The number of amides is 3. The Labute approximate surface area is 213 Å². The average Bonchev–Trinajstić information content (AvgIpc) is 3.37. The van der Waals surface area contributed by atoms with Crippen LogP contribution in [0.15, 0.2) is 36.7 Å². The largest absolute Gasteiger partial charge is 0.374 e. The van der Waals surface area contributed by atoms with Gasteiger partial charge in [-0.2, -0.15) is 4.98 Å². The van der Waals surface area contributed by atoms with E-state index in [4.69, 9.17) is 16.2 Å². The minimum atomic E-state index is -1.08. The highest BCUT2D eigenvalue weighted by Gasteiger charge is 2.27. The number of aromatic nitrogens is 2. The summed E-state index contributed by atoms with van der Waals surface area (Å²) < 4.78 is 7.05. The fourth-order valence-electron chi connectivity index (χ4n) is 3.55. The van der Waals surface area contributed by atoms with Crippen molar-refractivity contribution in [3.63, 3.8) is 0 Å². The summed E-state index contributed by atoms with van der Waals surface area (Å²) in [7, 11) is 0. The van der Waals surface area contributed by atoms with E-state index >= 15 is 0 Å². The first kappa shape index (κ1) is 28.8. The number of nitrogens with two attached hydrogens (primary N) is 2. The number of ether oxygens (including phenoxy) is 1. The fourth-order valence-corrected chi connectivity index (χ4v) is 3.55. The van der Waals surface area contributed by atoms with Gasteiger partial charge in [-0.3, -0.25) is 19.0 Å². The van der Waals surface area contributed by atoms with Crippen LogP contribution >= 0.6 is 0 Å². The Morgan fingerprint density at radius 1 is 1.22 bits per heavy atom. The molecule has 0 aliphatic carbocycles. The second-order valence-corrected chi connectivity index (χ2v) is 9.48. The first-order chi connectivity index (χ1) is 17.1. The van der Waals surface area contributed by atoms with E-state index in [9.17, 15) is 14.4 Å². The topological polar surface area (TPSA) is 146 Å². The molecule has 3 amide bonds. The number of nitrogens with zero attached hydrogens (tertiary/aromatic N) is 3. The molecule has 1 atom stereocenters. The number of rotatable bonds is 10. The van der Waals surface area contributed by atoms with Gasteiger partial charge in [0, 0.05) is 19.3 Å². The molecule has 0 spiro atoms. The third-order valence-corrected chi connectivity index (χ3v) is 5.94. The van der Waals surface area contributed by atoms with Crippen LogP contribution in [0.1, 0.15) is 45.6 Å². The van der Waals surface area contributed by atoms with E-state index in [1.807, 2.05) is 35.2 Å². The molecule has 36 heavy (non-hydrogen) atoms. The molecule has 2 aromatic rings. The number of nitrogens with one attached hydrogen (secondary N) is 1. The summed E-state index contributed by atoms with van der Waals surface area (Å²) in [6.07, 6.45) is 10.4. The molecule has 5 N–H and O–H groups in total. The number of hydrogen-bond donors (Lipinski definition) is 3. The van der Waals surface area contributed by atoms with Crippen molar-refractivity contribution in [2.75, 3.05) is 19.7 Å². The molecule has 1 aromatic carbocycles. The Kier molecular flexibility index (Phi) is 11.4. The van der Waals surface area contributed by atoms with Gasteiger partial charge in [-0.25, -0.2) is 0 Å². The van der Waals surface area contributed by atoms with E-state index in [0.717, 1.165) is 37.4 Å². The standard InChI is InChI=1S/C14H21N3O3.C12H17N3O/c1-14(2,16)13(19)17-11(12(15)18)9-20-8-10-6-4-3-5-7-10;1-2-11-3-6-15(7-4-11)12(16)9-14-8-5-13-10-14/h3-7,11H,8-9,16H2,1-2H3,(H2,15,18)(H,17,19);10-11H,2-4,6-7,9H2,1H3/t11-;/m1./s1. The van der Waals surface area contributed by atoms with E-state index in [0.29, 0.717) is 13.2 Å². The number of carbonyl (C=O) groups is 3. The van der Waals surface area contributed by atoms with E-state index in [1.165, 1.54) is 6.42 Å². The Bertz CT molecular complexity index is 935. The summed E-state index contributed by atoms with van der Waals surface area (Å²) in [6.45, 7) is 7.80. The van der Waals surface area contributed by atoms with Crippen LogP contribution in [0.4, 0.5) is 0 Å². The minimum Gasteiger partial charge on any atom is -0.374 e. The third-order valence-electron chi connectivity index (χ3n) is 5.94. The lowest BCUT2D eigenvalue weighted by Crippen LogP contribution is -2.56. The number of piperidine rings is 1. The smallest absolute Gasteiger partial charge is 0.243 e. The van der Waals surface area contributed by atoms with Gasteiger partial charge in [0.1, 0.15) is 18.9 Å². The highest BCUT2D eigenvalue weighted by Crippen LogP contribution is 2.19. The molecule has 0 bridgehead atoms. The molecule has 196 valence electrons. The van der Waals surface area contributed by atoms with Gasteiger partial charge in [0.25, 0.3) is 0 Å². The number of carbonyl (C=O) groups excluding carboxylic acids is 3. The van der Waals surface area contributed by atoms with Crippen molar-refractivity contribution in [1.29, 1.82) is 0 Å². The molecule has 1 aliphatic heterocycles. The Balaban J connectivity index is 0.000000259. The first-order valence-corrected chi connectivity index (χ1v) is 12.2. The van der Waals surface area contributed by atoms with Gasteiger partial charge in [-0.15, -0.1) is 0 Å². The molecule has 2 heterocycles.